The maximum atomic E-state index is 13.4. The van der Waals surface area contributed by atoms with Gasteiger partial charge >= 0.3 is 0 Å². The van der Waals surface area contributed by atoms with Crippen LogP contribution in [-0.4, -0.2) is 6.61 Å². The standard InChI is InChI=1S/C11H13ClFNO/c1-8(14)10-4-3-9(7-11(10)13)15-6-2-5-12/h2-5,7-8H,6,14H2,1H3/b5-2+. The quantitative estimate of drug-likeness (QED) is 0.862. The first-order valence-electron chi connectivity index (χ1n) is 4.58. The summed E-state index contributed by atoms with van der Waals surface area (Å²) in [6, 6.07) is 4.31. The van der Waals surface area contributed by atoms with E-state index in [-0.39, 0.29) is 11.9 Å². The predicted molar refractivity (Wildman–Crippen MR) is 59.5 cm³/mol. The Labute approximate surface area is 93.5 Å². The summed E-state index contributed by atoms with van der Waals surface area (Å²) in [4.78, 5) is 0. The summed E-state index contributed by atoms with van der Waals surface area (Å²) in [7, 11) is 0. The molecule has 1 aromatic carbocycles. The van der Waals surface area contributed by atoms with E-state index in [0.29, 0.717) is 17.9 Å². The Balaban J connectivity index is 2.73. The van der Waals surface area contributed by atoms with E-state index in [1.54, 1.807) is 25.1 Å². The Morgan fingerprint density at radius 1 is 1.60 bits per heavy atom. The first kappa shape index (κ1) is 12.0. The zero-order chi connectivity index (χ0) is 11.3. The Morgan fingerprint density at radius 2 is 2.33 bits per heavy atom. The number of hydrogen-bond donors (Lipinski definition) is 1. The second-order valence-corrected chi connectivity index (χ2v) is 3.40. The van der Waals surface area contributed by atoms with Crippen LogP contribution in [0, 0.1) is 5.82 Å². The van der Waals surface area contributed by atoms with Gasteiger partial charge in [-0.2, -0.15) is 0 Å². The van der Waals surface area contributed by atoms with Gasteiger partial charge in [0.15, 0.2) is 0 Å². The predicted octanol–water partition coefficient (Wildman–Crippen LogP) is 2.98. The second kappa shape index (κ2) is 5.73. The lowest BCUT2D eigenvalue weighted by Gasteiger charge is -2.09. The first-order chi connectivity index (χ1) is 7.15. The summed E-state index contributed by atoms with van der Waals surface area (Å²) in [5, 5.41) is 0. The lowest BCUT2D eigenvalue weighted by atomic mass is 10.1. The minimum Gasteiger partial charge on any atom is -0.489 e. The van der Waals surface area contributed by atoms with Crippen LogP contribution in [0.25, 0.3) is 0 Å². The van der Waals surface area contributed by atoms with Crippen LogP contribution in [-0.2, 0) is 0 Å². The maximum absolute atomic E-state index is 13.4. The smallest absolute Gasteiger partial charge is 0.131 e. The van der Waals surface area contributed by atoms with Crippen molar-refractivity contribution in [1.82, 2.24) is 0 Å². The number of nitrogens with two attached hydrogens (primary N) is 1. The van der Waals surface area contributed by atoms with Gasteiger partial charge in [0.05, 0.1) is 0 Å². The molecule has 0 aromatic heterocycles. The van der Waals surface area contributed by atoms with Crippen molar-refractivity contribution in [2.24, 2.45) is 5.73 Å². The van der Waals surface area contributed by atoms with Gasteiger partial charge in [-0.3, -0.25) is 0 Å². The highest BCUT2D eigenvalue weighted by atomic mass is 35.5. The van der Waals surface area contributed by atoms with Crippen LogP contribution < -0.4 is 10.5 Å². The molecule has 0 heterocycles. The monoisotopic (exact) mass is 229 g/mol. The summed E-state index contributed by atoms with van der Waals surface area (Å²) in [6.07, 6.45) is 1.62. The van der Waals surface area contributed by atoms with Crippen molar-refractivity contribution in [1.29, 1.82) is 0 Å². The molecule has 2 nitrogen and oxygen atoms in total. The average molecular weight is 230 g/mol. The molecule has 0 bridgehead atoms. The molecule has 0 aliphatic rings. The van der Waals surface area contributed by atoms with Crippen molar-refractivity contribution in [2.45, 2.75) is 13.0 Å². The molecule has 0 aliphatic heterocycles. The van der Waals surface area contributed by atoms with Crippen molar-refractivity contribution in [2.75, 3.05) is 6.61 Å². The number of halogens is 2. The van der Waals surface area contributed by atoms with Crippen molar-refractivity contribution in [3.63, 3.8) is 0 Å². The summed E-state index contributed by atoms with van der Waals surface area (Å²) in [5.41, 5.74) is 7.41. The minimum absolute atomic E-state index is 0.318. The topological polar surface area (TPSA) is 35.2 Å². The van der Waals surface area contributed by atoms with Gasteiger partial charge in [-0.05, 0) is 19.1 Å². The van der Waals surface area contributed by atoms with E-state index in [1.807, 2.05) is 0 Å². The highest BCUT2D eigenvalue weighted by Gasteiger charge is 2.07. The third-order valence-corrected chi connectivity index (χ3v) is 2.08. The highest BCUT2D eigenvalue weighted by molar-refractivity contribution is 6.25. The van der Waals surface area contributed by atoms with Crippen LogP contribution in [0.2, 0.25) is 0 Å². The Hall–Kier alpha value is -1.06. The summed E-state index contributed by atoms with van der Waals surface area (Å²) in [6.45, 7) is 2.05. The van der Waals surface area contributed by atoms with E-state index in [9.17, 15) is 4.39 Å². The fraction of sp³-hybridized carbons (Fsp3) is 0.273. The van der Waals surface area contributed by atoms with Crippen molar-refractivity contribution < 1.29 is 9.13 Å². The number of benzene rings is 1. The summed E-state index contributed by atoms with van der Waals surface area (Å²) in [5.74, 6) is 0.115. The molecule has 0 fully saturated rings. The van der Waals surface area contributed by atoms with Gasteiger partial charge in [0.1, 0.15) is 18.2 Å². The molecule has 1 atom stereocenters. The lowest BCUT2D eigenvalue weighted by molar-refractivity contribution is 0.360. The van der Waals surface area contributed by atoms with E-state index >= 15 is 0 Å². The molecule has 2 N–H and O–H groups in total. The van der Waals surface area contributed by atoms with Crippen LogP contribution in [0.5, 0.6) is 5.75 Å². The largest absolute Gasteiger partial charge is 0.489 e. The normalized spacial score (nSPS) is 13.1. The molecule has 4 heteroatoms. The second-order valence-electron chi connectivity index (χ2n) is 3.14. The zero-order valence-electron chi connectivity index (χ0n) is 8.41. The van der Waals surface area contributed by atoms with Gasteiger partial charge in [-0.1, -0.05) is 17.7 Å². The molecule has 15 heavy (non-hydrogen) atoms. The van der Waals surface area contributed by atoms with Gasteiger partial charge in [0.2, 0.25) is 0 Å². The van der Waals surface area contributed by atoms with Gasteiger partial charge in [0, 0.05) is 23.2 Å². The van der Waals surface area contributed by atoms with Crippen LogP contribution in [0.3, 0.4) is 0 Å². The van der Waals surface area contributed by atoms with E-state index in [1.165, 1.54) is 11.6 Å². The summed E-state index contributed by atoms with van der Waals surface area (Å²) >= 11 is 5.31. The Morgan fingerprint density at radius 3 is 2.87 bits per heavy atom. The van der Waals surface area contributed by atoms with Gasteiger partial charge in [-0.15, -0.1) is 0 Å². The van der Waals surface area contributed by atoms with Crippen LogP contribution in [0.4, 0.5) is 4.39 Å². The molecule has 0 saturated carbocycles. The fourth-order valence-corrected chi connectivity index (χ4v) is 1.22. The van der Waals surface area contributed by atoms with Gasteiger partial charge < -0.3 is 10.5 Å². The third-order valence-electron chi connectivity index (χ3n) is 1.90. The number of hydrogen-bond acceptors (Lipinski definition) is 2. The molecule has 0 amide bonds. The average Bonchev–Trinajstić information content (AvgIpc) is 2.17. The molecule has 0 aliphatic carbocycles. The lowest BCUT2D eigenvalue weighted by Crippen LogP contribution is -2.07. The van der Waals surface area contributed by atoms with Gasteiger partial charge in [0.25, 0.3) is 0 Å². The molecule has 1 rings (SSSR count). The molecular formula is C11H13ClFNO. The molecule has 82 valence electrons. The zero-order valence-corrected chi connectivity index (χ0v) is 9.17. The number of rotatable bonds is 4. The van der Waals surface area contributed by atoms with E-state index < -0.39 is 0 Å². The minimum atomic E-state index is -0.350. The van der Waals surface area contributed by atoms with E-state index in [0.717, 1.165) is 0 Å². The first-order valence-corrected chi connectivity index (χ1v) is 5.02. The molecule has 1 aromatic rings. The van der Waals surface area contributed by atoms with Crippen molar-refractivity contribution >= 4 is 11.6 Å². The highest BCUT2D eigenvalue weighted by Crippen LogP contribution is 2.20. The van der Waals surface area contributed by atoms with E-state index in [2.05, 4.69) is 0 Å². The molecule has 0 spiro atoms. The summed E-state index contributed by atoms with van der Waals surface area (Å²) < 4.78 is 18.6. The van der Waals surface area contributed by atoms with Crippen LogP contribution in [0.1, 0.15) is 18.5 Å². The fourth-order valence-electron chi connectivity index (χ4n) is 1.15. The SMILES string of the molecule is CC(N)c1ccc(OC/C=C/Cl)cc1F. The molecule has 1 unspecified atom stereocenters. The van der Waals surface area contributed by atoms with Gasteiger partial charge in [-0.25, -0.2) is 4.39 Å². The molecule has 0 saturated heterocycles. The Kier molecular flexibility index (Phi) is 4.59. The van der Waals surface area contributed by atoms with Crippen molar-refractivity contribution in [3.8, 4) is 5.75 Å². The molecular weight excluding hydrogens is 217 g/mol. The maximum Gasteiger partial charge on any atom is 0.131 e. The third kappa shape index (κ3) is 3.53. The van der Waals surface area contributed by atoms with Crippen LogP contribution >= 0.6 is 11.6 Å². The van der Waals surface area contributed by atoms with Crippen molar-refractivity contribution in [3.05, 3.63) is 41.2 Å². The Bertz CT molecular complexity index is 352. The number of ether oxygens (including phenoxy) is 1. The van der Waals surface area contributed by atoms with E-state index in [4.69, 9.17) is 22.1 Å². The molecule has 0 radical (unpaired) electrons. The van der Waals surface area contributed by atoms with Crippen LogP contribution in [0.15, 0.2) is 29.8 Å².